The van der Waals surface area contributed by atoms with E-state index in [4.69, 9.17) is 10.5 Å². The van der Waals surface area contributed by atoms with Gasteiger partial charge < -0.3 is 0 Å². The van der Waals surface area contributed by atoms with Crippen LogP contribution in [0.5, 0.6) is 0 Å². The summed E-state index contributed by atoms with van der Waals surface area (Å²) in [6.45, 7) is 2.13. The van der Waals surface area contributed by atoms with Crippen molar-refractivity contribution in [1.82, 2.24) is 0 Å². The Balaban J connectivity index is 2.93. The van der Waals surface area contributed by atoms with Crippen molar-refractivity contribution in [3.05, 3.63) is 11.1 Å². The molecule has 1 saturated carbocycles. The van der Waals surface area contributed by atoms with Gasteiger partial charge in [0.1, 0.15) is 17.7 Å². The van der Waals surface area contributed by atoms with Crippen LogP contribution in [0.15, 0.2) is 11.1 Å². The monoisotopic (exact) mass is 174 g/mol. The fourth-order valence-corrected chi connectivity index (χ4v) is 2.03. The molecule has 0 aliphatic heterocycles. The summed E-state index contributed by atoms with van der Waals surface area (Å²) in [5.41, 5.74) is 1.48. The summed E-state index contributed by atoms with van der Waals surface area (Å²) >= 11 is 0. The van der Waals surface area contributed by atoms with Gasteiger partial charge in [-0.2, -0.15) is 10.5 Å². The van der Waals surface area contributed by atoms with Crippen LogP contribution in [0, 0.1) is 28.6 Å². The van der Waals surface area contributed by atoms with Crippen molar-refractivity contribution in [1.29, 1.82) is 10.5 Å². The Hall–Kier alpha value is -1.28. The lowest BCUT2D eigenvalue weighted by Gasteiger charge is -2.23. The number of hydrogen-bond donors (Lipinski definition) is 0. The molecule has 0 saturated heterocycles. The van der Waals surface area contributed by atoms with Crippen molar-refractivity contribution in [2.24, 2.45) is 5.92 Å². The minimum absolute atomic E-state index is 0.367. The first-order chi connectivity index (χ1) is 6.33. The van der Waals surface area contributed by atoms with Crippen LogP contribution in [0.4, 0.5) is 0 Å². The van der Waals surface area contributed by atoms with Gasteiger partial charge >= 0.3 is 0 Å². The van der Waals surface area contributed by atoms with Gasteiger partial charge in [0.2, 0.25) is 0 Å². The van der Waals surface area contributed by atoms with E-state index in [9.17, 15) is 0 Å². The van der Waals surface area contributed by atoms with Crippen molar-refractivity contribution < 1.29 is 0 Å². The summed E-state index contributed by atoms with van der Waals surface area (Å²) in [6.07, 6.45) is 5.54. The number of nitrogens with zero attached hydrogens (tertiary/aromatic N) is 2. The Morgan fingerprint density at radius 3 is 2.62 bits per heavy atom. The van der Waals surface area contributed by atoms with Gasteiger partial charge in [0.15, 0.2) is 0 Å². The molecular weight excluding hydrogens is 160 g/mol. The van der Waals surface area contributed by atoms with E-state index < -0.39 is 0 Å². The molecule has 0 N–H and O–H groups in total. The standard InChI is InChI=1S/C11H14N2/c1-2-9-5-3-4-6-11(9)10(7-12)8-13/h9H,2-6H2,1H3. The van der Waals surface area contributed by atoms with Crippen LogP contribution in [0.2, 0.25) is 0 Å². The molecule has 1 aliphatic rings. The zero-order chi connectivity index (χ0) is 9.68. The maximum Gasteiger partial charge on any atom is 0.129 e. The highest BCUT2D eigenvalue weighted by atomic mass is 14.3. The van der Waals surface area contributed by atoms with Crippen LogP contribution in [0.1, 0.15) is 39.0 Å². The molecule has 0 heterocycles. The van der Waals surface area contributed by atoms with E-state index >= 15 is 0 Å². The Kier molecular flexibility index (Phi) is 3.53. The smallest absolute Gasteiger partial charge is 0.129 e. The predicted molar refractivity (Wildman–Crippen MR) is 50.5 cm³/mol. The first kappa shape index (κ1) is 9.81. The van der Waals surface area contributed by atoms with Gasteiger partial charge in [-0.25, -0.2) is 0 Å². The minimum atomic E-state index is 0.367. The molecule has 0 aromatic heterocycles. The maximum atomic E-state index is 8.76. The third-order valence-electron chi connectivity index (χ3n) is 2.78. The molecule has 1 unspecified atom stereocenters. The van der Waals surface area contributed by atoms with Crippen molar-refractivity contribution in [2.45, 2.75) is 39.0 Å². The molecule has 1 aliphatic carbocycles. The van der Waals surface area contributed by atoms with Crippen molar-refractivity contribution >= 4 is 0 Å². The molecule has 2 nitrogen and oxygen atoms in total. The van der Waals surface area contributed by atoms with Crippen LogP contribution in [0.25, 0.3) is 0 Å². The number of nitriles is 2. The van der Waals surface area contributed by atoms with Crippen molar-refractivity contribution in [3.63, 3.8) is 0 Å². The Labute approximate surface area is 79.5 Å². The number of rotatable bonds is 1. The molecule has 1 atom stereocenters. The van der Waals surface area contributed by atoms with Crippen molar-refractivity contribution in [3.8, 4) is 12.1 Å². The quantitative estimate of drug-likeness (QED) is 0.574. The topological polar surface area (TPSA) is 47.6 Å². The minimum Gasteiger partial charge on any atom is -0.192 e. The van der Waals surface area contributed by atoms with E-state index in [-0.39, 0.29) is 0 Å². The SMILES string of the molecule is CCC1CCCCC1=C(C#N)C#N. The Morgan fingerprint density at radius 2 is 2.08 bits per heavy atom. The number of allylic oxidation sites excluding steroid dienone is 2. The zero-order valence-electron chi connectivity index (χ0n) is 8.01. The summed E-state index contributed by atoms with van der Waals surface area (Å²) in [5.74, 6) is 0.489. The van der Waals surface area contributed by atoms with Gasteiger partial charge in [0.05, 0.1) is 0 Å². The maximum absolute atomic E-state index is 8.76. The Morgan fingerprint density at radius 1 is 1.38 bits per heavy atom. The van der Waals surface area contributed by atoms with Gasteiger partial charge in [-0.05, 0) is 37.2 Å². The molecule has 0 aromatic rings. The van der Waals surface area contributed by atoms with Gasteiger partial charge in [0, 0.05) is 0 Å². The molecule has 1 rings (SSSR count). The van der Waals surface area contributed by atoms with Gasteiger partial charge in [-0.15, -0.1) is 0 Å². The summed E-state index contributed by atoms with van der Waals surface area (Å²) in [5, 5.41) is 17.5. The third-order valence-corrected chi connectivity index (χ3v) is 2.78. The van der Waals surface area contributed by atoms with E-state index in [1.165, 1.54) is 6.42 Å². The Bertz CT molecular complexity index is 272. The fourth-order valence-electron chi connectivity index (χ4n) is 2.03. The van der Waals surface area contributed by atoms with Crippen LogP contribution in [-0.4, -0.2) is 0 Å². The fraction of sp³-hybridized carbons (Fsp3) is 0.636. The van der Waals surface area contributed by atoms with Crippen LogP contribution < -0.4 is 0 Å². The van der Waals surface area contributed by atoms with E-state index in [2.05, 4.69) is 6.92 Å². The molecular formula is C11H14N2. The highest BCUT2D eigenvalue weighted by Gasteiger charge is 2.20. The van der Waals surface area contributed by atoms with Crippen LogP contribution >= 0.6 is 0 Å². The van der Waals surface area contributed by atoms with E-state index in [1.807, 2.05) is 12.1 Å². The molecule has 68 valence electrons. The average molecular weight is 174 g/mol. The van der Waals surface area contributed by atoms with Crippen LogP contribution in [0.3, 0.4) is 0 Å². The molecule has 13 heavy (non-hydrogen) atoms. The largest absolute Gasteiger partial charge is 0.192 e. The highest BCUT2D eigenvalue weighted by Crippen LogP contribution is 2.33. The van der Waals surface area contributed by atoms with E-state index in [1.54, 1.807) is 0 Å². The lowest BCUT2D eigenvalue weighted by Crippen LogP contribution is -2.10. The van der Waals surface area contributed by atoms with Gasteiger partial charge in [0.25, 0.3) is 0 Å². The first-order valence-electron chi connectivity index (χ1n) is 4.86. The summed E-state index contributed by atoms with van der Waals surface area (Å²) in [4.78, 5) is 0. The lowest BCUT2D eigenvalue weighted by atomic mass is 9.80. The second kappa shape index (κ2) is 4.67. The molecule has 0 amide bonds. The van der Waals surface area contributed by atoms with Gasteiger partial charge in [-0.3, -0.25) is 0 Å². The van der Waals surface area contributed by atoms with Gasteiger partial charge in [-0.1, -0.05) is 13.3 Å². The summed E-state index contributed by atoms with van der Waals surface area (Å²) < 4.78 is 0. The van der Waals surface area contributed by atoms with E-state index in [0.29, 0.717) is 11.5 Å². The van der Waals surface area contributed by atoms with E-state index in [0.717, 1.165) is 31.3 Å². The summed E-state index contributed by atoms with van der Waals surface area (Å²) in [6, 6.07) is 4.01. The molecule has 0 spiro atoms. The average Bonchev–Trinajstić information content (AvgIpc) is 2.20. The molecule has 0 aromatic carbocycles. The summed E-state index contributed by atoms with van der Waals surface area (Å²) in [7, 11) is 0. The molecule has 2 heteroatoms. The highest BCUT2D eigenvalue weighted by molar-refractivity contribution is 5.41. The number of hydrogen-bond acceptors (Lipinski definition) is 2. The molecule has 0 radical (unpaired) electrons. The predicted octanol–water partition coefficient (Wildman–Crippen LogP) is 2.93. The molecule has 1 fully saturated rings. The third kappa shape index (κ3) is 2.10. The normalized spacial score (nSPS) is 21.8. The second-order valence-electron chi connectivity index (χ2n) is 3.47. The zero-order valence-corrected chi connectivity index (χ0v) is 8.01. The van der Waals surface area contributed by atoms with Crippen molar-refractivity contribution in [2.75, 3.05) is 0 Å². The second-order valence-corrected chi connectivity index (χ2v) is 3.47. The lowest BCUT2D eigenvalue weighted by molar-refractivity contribution is 0.441. The first-order valence-corrected chi connectivity index (χ1v) is 4.86. The molecule has 0 bridgehead atoms. The van der Waals surface area contributed by atoms with Crippen LogP contribution in [-0.2, 0) is 0 Å².